The van der Waals surface area contributed by atoms with E-state index >= 15 is 0 Å². The Labute approximate surface area is 318 Å². The van der Waals surface area contributed by atoms with Gasteiger partial charge in [0, 0.05) is 48.5 Å². The summed E-state index contributed by atoms with van der Waals surface area (Å²) in [6, 6.07) is 6.27. The van der Waals surface area contributed by atoms with E-state index < -0.39 is 0 Å². The van der Waals surface area contributed by atoms with Gasteiger partial charge >= 0.3 is 0 Å². The molecule has 1 aromatic carbocycles. The van der Waals surface area contributed by atoms with Crippen LogP contribution in [0.15, 0.2) is 75.6 Å². The maximum absolute atomic E-state index is 11.1. The summed E-state index contributed by atoms with van der Waals surface area (Å²) in [5, 5.41) is 7.49. The average Bonchev–Trinajstić information content (AvgIpc) is 3.14. The Morgan fingerprint density at radius 3 is 2.04 bits per heavy atom. The summed E-state index contributed by atoms with van der Waals surface area (Å²) in [4.78, 5) is 29.6. The minimum Gasteiger partial charge on any atom is -0.471 e. The van der Waals surface area contributed by atoms with Crippen LogP contribution < -0.4 is 5.32 Å². The van der Waals surface area contributed by atoms with Crippen molar-refractivity contribution in [3.63, 3.8) is 0 Å². The molecule has 1 aliphatic carbocycles. The predicted octanol–water partition coefficient (Wildman–Crippen LogP) is 11.3. The van der Waals surface area contributed by atoms with Crippen LogP contribution in [0, 0.1) is 23.7 Å². The molecule has 1 saturated carbocycles. The second-order valence-corrected chi connectivity index (χ2v) is 12.9. The fourth-order valence-electron chi connectivity index (χ4n) is 5.88. The number of carbonyl (C=O) groups is 2. The second-order valence-electron chi connectivity index (χ2n) is 12.9. The zero-order valence-electron chi connectivity index (χ0n) is 35.3. The lowest BCUT2D eigenvalue weighted by molar-refractivity contribution is -0.126. The van der Waals surface area contributed by atoms with Crippen LogP contribution in [-0.4, -0.2) is 59.1 Å². The molecule has 2 aliphatic rings. The summed E-state index contributed by atoms with van der Waals surface area (Å²) >= 11 is 0. The van der Waals surface area contributed by atoms with Gasteiger partial charge in [-0.1, -0.05) is 103 Å². The first-order chi connectivity index (χ1) is 25.0. The number of ether oxygens (including phenoxy) is 2. The van der Waals surface area contributed by atoms with Crippen LogP contribution in [0.3, 0.4) is 0 Å². The van der Waals surface area contributed by atoms with Gasteiger partial charge in [0.2, 0.25) is 0 Å². The van der Waals surface area contributed by atoms with Gasteiger partial charge in [-0.15, -0.1) is 0 Å². The fourth-order valence-corrected chi connectivity index (χ4v) is 5.88. The van der Waals surface area contributed by atoms with Crippen LogP contribution in [0.4, 0.5) is 5.69 Å². The molecule has 8 nitrogen and oxygen atoms in total. The predicted molar refractivity (Wildman–Crippen MR) is 224 cm³/mol. The van der Waals surface area contributed by atoms with Gasteiger partial charge in [0.05, 0.1) is 26.0 Å². The quantitative estimate of drug-likeness (QED) is 0.0455. The number of nitrogens with one attached hydrogen (secondary N) is 1. The van der Waals surface area contributed by atoms with Gasteiger partial charge in [0.25, 0.3) is 6.47 Å². The highest BCUT2D eigenvalue weighted by Crippen LogP contribution is 2.53. The van der Waals surface area contributed by atoms with E-state index in [9.17, 15) is 4.79 Å². The van der Waals surface area contributed by atoms with Crippen molar-refractivity contribution in [3.05, 3.63) is 76.6 Å². The molecular formula is C44H73N3O5. The van der Waals surface area contributed by atoms with Crippen LogP contribution in [0.2, 0.25) is 0 Å². The van der Waals surface area contributed by atoms with E-state index in [1.54, 1.807) is 13.3 Å². The van der Waals surface area contributed by atoms with Crippen LogP contribution in [0.5, 0.6) is 0 Å². The Morgan fingerprint density at radius 2 is 1.62 bits per heavy atom. The van der Waals surface area contributed by atoms with E-state index in [0.29, 0.717) is 28.8 Å². The SMILES string of the molecule is C=C(O/N=C(\C)c1ccc(C)c(NC)c1)C1CC(CC)(CC)C1.CC.CC.COC=O.C\C=C/C(=C\C(C)=C(/C=O)C=NC)CCC1(CC)COC1. The van der Waals surface area contributed by atoms with E-state index in [0.717, 1.165) is 67.1 Å². The van der Waals surface area contributed by atoms with Crippen molar-refractivity contribution in [1.82, 2.24) is 0 Å². The number of rotatable bonds is 16. The van der Waals surface area contributed by atoms with Gasteiger partial charge in [-0.25, -0.2) is 0 Å². The molecule has 8 heteroatoms. The van der Waals surface area contributed by atoms with Gasteiger partial charge in [0.1, 0.15) is 5.76 Å². The summed E-state index contributed by atoms with van der Waals surface area (Å²) in [6.07, 6.45) is 16.9. The molecule has 52 heavy (non-hydrogen) atoms. The third-order valence-electron chi connectivity index (χ3n) is 9.78. The summed E-state index contributed by atoms with van der Waals surface area (Å²) in [7, 11) is 4.92. The monoisotopic (exact) mass is 724 g/mol. The van der Waals surface area contributed by atoms with E-state index in [-0.39, 0.29) is 0 Å². The molecular weight excluding hydrogens is 651 g/mol. The molecule has 1 aromatic rings. The Balaban J connectivity index is 0. The summed E-state index contributed by atoms with van der Waals surface area (Å²) in [6.45, 7) is 29.0. The molecule has 0 aromatic heterocycles. The minimum absolute atomic E-state index is 0.358. The number of allylic oxidation sites excluding steroid dienone is 7. The third-order valence-corrected chi connectivity index (χ3v) is 9.78. The summed E-state index contributed by atoms with van der Waals surface area (Å²) < 4.78 is 9.24. The van der Waals surface area contributed by atoms with Crippen LogP contribution in [0.25, 0.3) is 0 Å². The molecule has 1 saturated heterocycles. The van der Waals surface area contributed by atoms with Gasteiger partial charge < -0.3 is 19.6 Å². The van der Waals surface area contributed by atoms with Crippen molar-refractivity contribution < 1.29 is 23.9 Å². The number of oxime groups is 1. The third kappa shape index (κ3) is 17.2. The number of anilines is 1. The van der Waals surface area contributed by atoms with Crippen molar-refractivity contribution in [2.24, 2.45) is 26.9 Å². The number of hydrogen-bond acceptors (Lipinski definition) is 8. The Hall–Kier alpha value is -3.78. The van der Waals surface area contributed by atoms with Crippen molar-refractivity contribution in [2.75, 3.05) is 39.7 Å². The molecule has 1 heterocycles. The molecule has 0 unspecified atom stereocenters. The zero-order valence-corrected chi connectivity index (χ0v) is 35.3. The normalized spacial score (nSPS) is 16.3. The number of nitrogens with zero attached hydrogens (tertiary/aromatic N) is 2. The lowest BCUT2D eigenvalue weighted by atomic mass is 9.59. The first-order valence-electron chi connectivity index (χ1n) is 19.1. The number of methoxy groups -OCH3 is 1. The topological polar surface area (TPSA) is 98.6 Å². The molecule has 294 valence electrons. The lowest BCUT2D eigenvalue weighted by Gasteiger charge is -2.47. The second kappa shape index (κ2) is 28.8. The first kappa shape index (κ1) is 50.3. The maximum atomic E-state index is 11.1. The number of benzene rings is 1. The van der Waals surface area contributed by atoms with Crippen molar-refractivity contribution in [2.45, 2.75) is 121 Å². The van der Waals surface area contributed by atoms with Gasteiger partial charge in [-0.3, -0.25) is 14.6 Å². The Kier molecular flexibility index (Phi) is 27.8. The van der Waals surface area contributed by atoms with Crippen LogP contribution in [0.1, 0.15) is 125 Å². The van der Waals surface area contributed by atoms with Gasteiger partial charge in [-0.2, -0.15) is 0 Å². The fraction of sp³-hybridized carbons (Fsp3) is 0.591. The van der Waals surface area contributed by atoms with E-state index in [2.05, 4.69) is 84.8 Å². The molecule has 1 N–H and O–H groups in total. The molecule has 3 rings (SSSR count). The number of hydrogen-bond donors (Lipinski definition) is 1. The minimum atomic E-state index is 0.358. The van der Waals surface area contributed by atoms with Crippen molar-refractivity contribution in [1.29, 1.82) is 0 Å². The van der Waals surface area contributed by atoms with E-state index in [1.165, 1.54) is 43.9 Å². The average molecular weight is 724 g/mol. The molecule has 0 amide bonds. The van der Waals surface area contributed by atoms with Gasteiger partial charge in [0.15, 0.2) is 6.29 Å². The summed E-state index contributed by atoms with van der Waals surface area (Å²) in [5.74, 6) is 1.26. The number of carbonyl (C=O) groups excluding carboxylic acids is 2. The van der Waals surface area contributed by atoms with E-state index in [4.69, 9.17) is 14.4 Å². The lowest BCUT2D eigenvalue weighted by Crippen LogP contribution is -2.41. The van der Waals surface area contributed by atoms with Crippen molar-refractivity contribution >= 4 is 30.4 Å². The molecule has 0 radical (unpaired) electrons. The molecule has 0 bridgehead atoms. The molecule has 1 aliphatic heterocycles. The van der Waals surface area contributed by atoms with Gasteiger partial charge in [-0.05, 0) is 88.0 Å². The number of aliphatic imine (C=N–C) groups is 1. The summed E-state index contributed by atoms with van der Waals surface area (Å²) in [5.41, 5.74) is 7.99. The molecule has 0 atom stereocenters. The van der Waals surface area contributed by atoms with Crippen LogP contribution in [-0.2, 0) is 23.9 Å². The molecule has 0 spiro atoms. The van der Waals surface area contributed by atoms with Crippen molar-refractivity contribution in [3.8, 4) is 0 Å². The van der Waals surface area contributed by atoms with E-state index in [1.807, 2.05) is 61.6 Å². The maximum Gasteiger partial charge on any atom is 0.292 e. The standard InChI is InChI=1S/C20H30N2O.C18H27NO2.C2H4O2.2C2H6/c1-7-20(8-2)12-18(13-20)16(5)23-22-15(4)17-10-9-14(3)19(11-17)21-6;1-5-7-16(8-9-18(6-2)13-21-14-18)10-15(3)17(12-20)11-19-4;1-4-2-3;2*1-2/h9-11,18,21H,5,7-8,12-13H2,1-4,6H3;5,7,10-12H,6,8-9,13-14H2,1-4H3;2H,1H3;2*1-2H3/b22-15+;7-5-,16-10+,17-15-,19-11?;;;. The highest BCUT2D eigenvalue weighted by molar-refractivity contribution is 6.03. The Morgan fingerprint density at radius 1 is 1.04 bits per heavy atom. The Bertz CT molecular complexity index is 1320. The number of aldehydes is 1. The highest BCUT2D eigenvalue weighted by Gasteiger charge is 2.43. The smallest absolute Gasteiger partial charge is 0.292 e. The largest absolute Gasteiger partial charge is 0.471 e. The number of aryl methyl sites for hydroxylation is 1. The first-order valence-corrected chi connectivity index (χ1v) is 19.1. The zero-order chi connectivity index (χ0) is 40.2. The molecule has 2 fully saturated rings. The van der Waals surface area contributed by atoms with Crippen LogP contribution >= 0.6 is 0 Å². The highest BCUT2D eigenvalue weighted by atomic mass is 16.6.